The van der Waals surface area contributed by atoms with Crippen LogP contribution in [0.25, 0.3) is 0 Å². The van der Waals surface area contributed by atoms with Gasteiger partial charge >= 0.3 is 12.1 Å². The van der Waals surface area contributed by atoms with Gasteiger partial charge in [-0.15, -0.1) is 0 Å². The highest BCUT2D eigenvalue weighted by atomic mass is 19.4. The number of hydrogen-bond acceptors (Lipinski definition) is 7. The number of ether oxygens (including phenoxy) is 2. The number of nitrogens with one attached hydrogen (secondary N) is 1. The number of aromatic nitrogens is 2. The maximum absolute atomic E-state index is 14.7. The van der Waals surface area contributed by atoms with Gasteiger partial charge in [-0.25, -0.2) is 14.4 Å². The Morgan fingerprint density at radius 3 is 2.70 bits per heavy atom. The quantitative estimate of drug-likeness (QED) is 0.367. The summed E-state index contributed by atoms with van der Waals surface area (Å²) in [6, 6.07) is 5.43. The molecule has 0 spiro atoms. The Bertz CT molecular complexity index is 1330. The van der Waals surface area contributed by atoms with Crippen molar-refractivity contribution in [3.05, 3.63) is 41.2 Å². The highest BCUT2D eigenvalue weighted by molar-refractivity contribution is 5.95. The van der Waals surface area contributed by atoms with Crippen LogP contribution < -0.4 is 15.0 Å². The Labute approximate surface area is 247 Å². The van der Waals surface area contributed by atoms with Gasteiger partial charge in [0.05, 0.1) is 18.1 Å². The number of carbonyl (C=O) groups excluding carboxylic acids is 1. The summed E-state index contributed by atoms with van der Waals surface area (Å²) in [6.07, 6.45) is -0.581. The van der Waals surface area contributed by atoms with E-state index in [9.17, 15) is 32.3 Å². The lowest BCUT2D eigenvalue weighted by Gasteiger charge is -2.35. The summed E-state index contributed by atoms with van der Waals surface area (Å²) in [5.41, 5.74) is -2.31. The van der Waals surface area contributed by atoms with Gasteiger partial charge in [0.2, 0.25) is 5.95 Å². The number of hydrogen-bond donors (Lipinski definition) is 2. The summed E-state index contributed by atoms with van der Waals surface area (Å²) in [5.74, 6) is -2.58. The van der Waals surface area contributed by atoms with Crippen LogP contribution in [0.3, 0.4) is 0 Å². The monoisotopic (exact) mass is 608 g/mol. The number of fused-ring (bicyclic) bond motifs is 1. The van der Waals surface area contributed by atoms with Gasteiger partial charge < -0.3 is 24.8 Å². The van der Waals surface area contributed by atoms with Gasteiger partial charge in [0.15, 0.2) is 5.69 Å². The maximum Gasteiger partial charge on any atom is 0.434 e. The average molecular weight is 609 g/mol. The third-order valence-electron chi connectivity index (χ3n) is 8.52. The van der Waals surface area contributed by atoms with E-state index in [1.165, 1.54) is 6.92 Å². The summed E-state index contributed by atoms with van der Waals surface area (Å²) in [4.78, 5) is 33.7. The molecule has 1 saturated heterocycles. The second-order valence-electron chi connectivity index (χ2n) is 12.0. The van der Waals surface area contributed by atoms with Crippen LogP contribution in [-0.2, 0) is 22.1 Å². The van der Waals surface area contributed by atoms with Crippen molar-refractivity contribution in [2.75, 3.05) is 37.8 Å². The smallest absolute Gasteiger partial charge is 0.434 e. The van der Waals surface area contributed by atoms with Crippen LogP contribution in [0.5, 0.6) is 5.75 Å². The van der Waals surface area contributed by atoms with Gasteiger partial charge in [-0.1, -0.05) is 0 Å². The van der Waals surface area contributed by atoms with Crippen LogP contribution in [0.1, 0.15) is 67.1 Å². The van der Waals surface area contributed by atoms with E-state index in [0.29, 0.717) is 36.9 Å². The van der Waals surface area contributed by atoms with Crippen molar-refractivity contribution in [3.8, 4) is 5.75 Å². The minimum Gasteiger partial charge on any atom is -0.494 e. The van der Waals surface area contributed by atoms with Gasteiger partial charge in [0.1, 0.15) is 11.4 Å². The number of benzene rings is 1. The largest absolute Gasteiger partial charge is 0.494 e. The van der Waals surface area contributed by atoms with Crippen molar-refractivity contribution in [2.24, 2.45) is 17.8 Å². The first kappa shape index (κ1) is 31.0. The first-order chi connectivity index (χ1) is 20.4. The predicted octanol–water partition coefficient (Wildman–Crippen LogP) is 5.34. The van der Waals surface area contributed by atoms with Crippen LogP contribution in [0.15, 0.2) is 24.4 Å². The van der Waals surface area contributed by atoms with E-state index in [1.54, 1.807) is 17.0 Å². The van der Waals surface area contributed by atoms with Crippen LogP contribution >= 0.6 is 0 Å². The summed E-state index contributed by atoms with van der Waals surface area (Å²) < 4.78 is 68.3. The van der Waals surface area contributed by atoms with Crippen molar-refractivity contribution < 1.29 is 41.7 Å². The van der Waals surface area contributed by atoms with E-state index in [1.807, 2.05) is 6.07 Å². The molecule has 3 aliphatic rings. The molecule has 0 bridgehead atoms. The van der Waals surface area contributed by atoms with Crippen molar-refractivity contribution in [1.82, 2.24) is 15.3 Å². The molecular formula is C30H36F4N4O5. The number of carboxylic acid groups (broad SMARTS) is 1. The van der Waals surface area contributed by atoms with Crippen molar-refractivity contribution in [3.63, 3.8) is 0 Å². The summed E-state index contributed by atoms with van der Waals surface area (Å²) in [5, 5.41) is 11.7. The molecule has 1 aromatic heterocycles. The summed E-state index contributed by atoms with van der Waals surface area (Å²) in [7, 11) is 0. The van der Waals surface area contributed by atoms with E-state index < -0.39 is 46.8 Å². The molecule has 3 heterocycles. The molecule has 2 unspecified atom stereocenters. The predicted molar refractivity (Wildman–Crippen MR) is 148 cm³/mol. The number of halogens is 4. The molecule has 2 aromatic rings. The molecule has 2 N–H and O–H groups in total. The van der Waals surface area contributed by atoms with Gasteiger partial charge in [-0.05, 0) is 87.5 Å². The lowest BCUT2D eigenvalue weighted by molar-refractivity contribution is -0.145. The normalized spacial score (nSPS) is 24.4. The maximum atomic E-state index is 14.7. The van der Waals surface area contributed by atoms with Gasteiger partial charge in [0.25, 0.3) is 5.91 Å². The van der Waals surface area contributed by atoms with E-state index in [2.05, 4.69) is 15.3 Å². The number of carboxylic acids is 1. The molecule has 1 saturated carbocycles. The first-order valence-electron chi connectivity index (χ1n) is 14.6. The minimum atomic E-state index is -4.94. The van der Waals surface area contributed by atoms with Crippen molar-refractivity contribution >= 4 is 23.5 Å². The number of amides is 1. The number of carbonyl (C=O) groups is 2. The fourth-order valence-corrected chi connectivity index (χ4v) is 6.38. The Balaban J connectivity index is 1.26. The highest BCUT2D eigenvalue weighted by Gasteiger charge is 2.42. The molecule has 0 radical (unpaired) electrons. The molecule has 2 aliphatic heterocycles. The number of anilines is 2. The number of rotatable bonds is 9. The summed E-state index contributed by atoms with van der Waals surface area (Å²) in [6.45, 7) is 3.61. The molecule has 3 atom stereocenters. The molecule has 13 heteroatoms. The first-order valence-corrected chi connectivity index (χ1v) is 14.6. The van der Waals surface area contributed by atoms with Gasteiger partial charge in [0, 0.05) is 38.2 Å². The molecule has 234 valence electrons. The third kappa shape index (κ3) is 7.54. The Morgan fingerprint density at radius 2 is 1.98 bits per heavy atom. The molecule has 43 heavy (non-hydrogen) atoms. The van der Waals surface area contributed by atoms with E-state index in [4.69, 9.17) is 9.47 Å². The van der Waals surface area contributed by atoms with E-state index >= 15 is 0 Å². The molecule has 1 aromatic carbocycles. The fourth-order valence-electron chi connectivity index (χ4n) is 6.38. The number of alkyl halides is 4. The second kappa shape index (κ2) is 12.6. The topological polar surface area (TPSA) is 114 Å². The van der Waals surface area contributed by atoms with Gasteiger partial charge in [-0.2, -0.15) is 13.2 Å². The molecule has 5 rings (SSSR count). The zero-order chi connectivity index (χ0) is 30.8. The Kier molecular flexibility index (Phi) is 9.10. The average Bonchev–Trinajstić information content (AvgIpc) is 3.38. The van der Waals surface area contributed by atoms with E-state index in [0.717, 1.165) is 44.2 Å². The summed E-state index contributed by atoms with van der Waals surface area (Å²) >= 11 is 0. The lowest BCUT2D eigenvalue weighted by Crippen LogP contribution is -2.41. The zero-order valence-electron chi connectivity index (χ0n) is 24.0. The third-order valence-corrected chi connectivity index (χ3v) is 8.52. The van der Waals surface area contributed by atoms with E-state index in [-0.39, 0.29) is 31.8 Å². The van der Waals surface area contributed by atoms with Crippen LogP contribution in [0.4, 0.5) is 29.2 Å². The fraction of sp³-hybridized carbons (Fsp3) is 0.600. The zero-order valence-corrected chi connectivity index (χ0v) is 24.0. The van der Waals surface area contributed by atoms with Crippen molar-refractivity contribution in [2.45, 2.75) is 63.7 Å². The van der Waals surface area contributed by atoms with Crippen LogP contribution in [0.2, 0.25) is 0 Å². The Hall–Kier alpha value is -3.48. The SMILES string of the molecule is C[C@]1(F)CC(CNC(=O)c2cnc(N3CCc4cc(OCCC5CCOCC5)ccc43)nc2C(F)(F)F)CC(C(=O)O)C1. The lowest BCUT2D eigenvalue weighted by atomic mass is 9.74. The number of nitrogens with zero attached hydrogens (tertiary/aromatic N) is 3. The highest BCUT2D eigenvalue weighted by Crippen LogP contribution is 2.40. The van der Waals surface area contributed by atoms with Crippen LogP contribution in [0, 0.1) is 17.8 Å². The molecular weight excluding hydrogens is 572 g/mol. The minimum absolute atomic E-state index is 0.00427. The molecule has 1 amide bonds. The second-order valence-corrected chi connectivity index (χ2v) is 12.0. The number of aliphatic carboxylic acids is 1. The van der Waals surface area contributed by atoms with Crippen LogP contribution in [-0.4, -0.2) is 65.5 Å². The molecule has 9 nitrogen and oxygen atoms in total. The van der Waals surface area contributed by atoms with Gasteiger partial charge in [-0.3, -0.25) is 9.59 Å². The molecule has 1 aliphatic carbocycles. The standard InChI is InChI=1S/C30H36F4N4O5/c1-29(31)14-19(12-21(15-29)27(40)41)16-35-26(39)23-17-36-28(37-25(23)30(32,33)34)38-8-4-20-13-22(2-3-24(20)38)43-11-7-18-5-9-42-10-6-18/h2-3,13,17-19,21H,4-12,14-16H2,1H3,(H,35,39)(H,40,41)/t19?,21?,29-/m0/s1. The van der Waals surface area contributed by atoms with Crippen molar-refractivity contribution in [1.29, 1.82) is 0 Å². The molecule has 2 fully saturated rings. The Morgan fingerprint density at radius 1 is 1.21 bits per heavy atom.